The Morgan fingerprint density at radius 3 is 2.32 bits per heavy atom. The zero-order valence-electron chi connectivity index (χ0n) is 20.1. The average molecular weight is 609 g/mol. The van der Waals surface area contributed by atoms with E-state index < -0.39 is 16.6 Å². The molecule has 6 nitrogen and oxygen atoms in total. The molecule has 1 aromatic heterocycles. The monoisotopic (exact) mass is 607 g/mol. The Kier molecular flexibility index (Phi) is 7.96. The maximum atomic E-state index is 12.7. The van der Waals surface area contributed by atoms with Crippen molar-refractivity contribution in [3.8, 4) is 11.5 Å². The predicted octanol–water partition coefficient (Wildman–Crippen LogP) is 7.74. The molecule has 11 heteroatoms. The van der Waals surface area contributed by atoms with Crippen LogP contribution in [-0.2, 0) is 27.8 Å². The third-order valence-corrected chi connectivity index (χ3v) is 8.85. The molecule has 3 aromatic carbocycles. The summed E-state index contributed by atoms with van der Waals surface area (Å²) >= 11 is 24.7. The molecule has 0 saturated heterocycles. The molecule has 38 heavy (non-hydrogen) atoms. The maximum absolute atomic E-state index is 12.7. The van der Waals surface area contributed by atoms with Gasteiger partial charge < -0.3 is 14.4 Å². The number of anilines is 1. The van der Waals surface area contributed by atoms with Crippen LogP contribution in [0.1, 0.15) is 36.7 Å². The van der Waals surface area contributed by atoms with Crippen LogP contribution in [0.4, 0.5) is 5.69 Å². The molecule has 4 aromatic rings. The van der Waals surface area contributed by atoms with Gasteiger partial charge in [0, 0.05) is 26.3 Å². The van der Waals surface area contributed by atoms with Crippen molar-refractivity contribution in [1.29, 1.82) is 0 Å². The fourth-order valence-electron chi connectivity index (χ4n) is 4.32. The molecule has 1 aliphatic carbocycles. The van der Waals surface area contributed by atoms with Crippen LogP contribution in [0.2, 0.25) is 20.1 Å². The van der Waals surface area contributed by atoms with Gasteiger partial charge in [0.25, 0.3) is 5.89 Å². The number of nitrogens with zero attached hydrogens (tertiary/aromatic N) is 2. The van der Waals surface area contributed by atoms with Crippen molar-refractivity contribution < 1.29 is 13.9 Å². The summed E-state index contributed by atoms with van der Waals surface area (Å²) in [5.41, 5.74) is 1.97. The summed E-state index contributed by atoms with van der Waals surface area (Å²) in [6, 6.07) is 15.5. The molecule has 1 aliphatic rings. The van der Waals surface area contributed by atoms with E-state index in [-0.39, 0.29) is 18.2 Å². The number of rotatable bonds is 8. The second-order valence-electron chi connectivity index (χ2n) is 8.95. The summed E-state index contributed by atoms with van der Waals surface area (Å²) in [6.45, 7) is 1.86. The third kappa shape index (κ3) is 5.55. The van der Waals surface area contributed by atoms with Crippen molar-refractivity contribution in [2.45, 2.75) is 36.5 Å². The Balaban J connectivity index is 1.33. The van der Waals surface area contributed by atoms with Crippen molar-refractivity contribution in [3.05, 3.63) is 91.6 Å². The summed E-state index contributed by atoms with van der Waals surface area (Å²) in [6.07, 6.45) is 1.63. The van der Waals surface area contributed by atoms with Gasteiger partial charge in [-0.3, -0.25) is 4.79 Å². The zero-order valence-corrected chi connectivity index (χ0v) is 23.9. The molecule has 1 amide bonds. The van der Waals surface area contributed by atoms with Crippen molar-refractivity contribution in [2.24, 2.45) is 0 Å². The third-order valence-electron chi connectivity index (χ3n) is 6.38. The number of amides is 1. The average Bonchev–Trinajstić information content (AvgIpc) is 3.50. The van der Waals surface area contributed by atoms with E-state index in [0.29, 0.717) is 48.5 Å². The van der Waals surface area contributed by atoms with Gasteiger partial charge >= 0.3 is 0 Å². The lowest BCUT2D eigenvalue weighted by Gasteiger charge is -2.17. The molecule has 0 spiro atoms. The van der Waals surface area contributed by atoms with Crippen LogP contribution in [0.3, 0.4) is 0 Å². The summed E-state index contributed by atoms with van der Waals surface area (Å²) in [4.78, 5) is 18.0. The van der Waals surface area contributed by atoms with Crippen LogP contribution in [0.15, 0.2) is 64.0 Å². The molecule has 1 heterocycles. The number of carbonyl (C=O) groups excluding carboxylic acids is 1. The Labute approximate surface area is 242 Å². The first kappa shape index (κ1) is 27.3. The zero-order chi connectivity index (χ0) is 27.0. The molecule has 0 radical (unpaired) electrons. The number of hydrogen-bond acceptors (Lipinski definition) is 5. The largest absolute Gasteiger partial charge is 0.611 e. The van der Waals surface area contributed by atoms with E-state index in [4.69, 9.17) is 50.9 Å². The van der Waals surface area contributed by atoms with Crippen molar-refractivity contribution in [2.75, 3.05) is 11.1 Å². The first-order chi connectivity index (χ1) is 18.2. The summed E-state index contributed by atoms with van der Waals surface area (Å²) in [5.74, 6) is 1.06. The molecule has 0 aliphatic heterocycles. The van der Waals surface area contributed by atoms with E-state index in [1.807, 2.05) is 6.92 Å². The van der Waals surface area contributed by atoms with Crippen LogP contribution in [0, 0.1) is 0 Å². The highest BCUT2D eigenvalue weighted by Crippen LogP contribution is 2.57. The number of nitrogens with one attached hydrogen (secondary N) is 1. The normalized spacial score (nSPS) is 14.8. The molecular formula is C27H21Cl4N3O3S. The first-order valence-corrected chi connectivity index (χ1v) is 14.6. The Hall–Kier alpha value is -2.26. The minimum Gasteiger partial charge on any atom is -0.611 e. The Bertz CT molecular complexity index is 1480. The topological polar surface area (TPSA) is 91.1 Å². The number of aromatic nitrogens is 2. The molecule has 0 bridgehead atoms. The minimum atomic E-state index is -1.03. The Morgan fingerprint density at radius 2 is 1.71 bits per heavy atom. The highest BCUT2D eigenvalue weighted by Gasteiger charge is 2.52. The fourth-order valence-corrected chi connectivity index (χ4v) is 6.43. The van der Waals surface area contributed by atoms with Crippen LogP contribution in [0.5, 0.6) is 0 Å². The van der Waals surface area contributed by atoms with E-state index in [2.05, 4.69) is 15.5 Å². The van der Waals surface area contributed by atoms with Crippen LogP contribution in [-0.4, -0.2) is 26.4 Å². The minimum absolute atomic E-state index is 0.152. The van der Waals surface area contributed by atoms with E-state index in [9.17, 15) is 9.35 Å². The SMILES string of the molecule is CC[S+]([O-])c1ccc(CC(=O)Nc2cc(Cl)c(C3(c4noc(-c5ccc(Cl)cc5Cl)n4)CC3)c(Cl)c2)cc1. The second kappa shape index (κ2) is 11.1. The summed E-state index contributed by atoms with van der Waals surface area (Å²) in [7, 11) is 0. The maximum Gasteiger partial charge on any atom is 0.259 e. The molecule has 196 valence electrons. The summed E-state index contributed by atoms with van der Waals surface area (Å²) < 4.78 is 17.4. The number of carbonyl (C=O) groups is 1. The molecule has 1 fully saturated rings. The van der Waals surface area contributed by atoms with Gasteiger partial charge in [-0.15, -0.1) is 0 Å². The number of halogens is 4. The van der Waals surface area contributed by atoms with Gasteiger partial charge in [0.1, 0.15) is 5.75 Å². The van der Waals surface area contributed by atoms with Gasteiger partial charge in [0.2, 0.25) is 5.91 Å². The number of hydrogen-bond donors (Lipinski definition) is 1. The standard InChI is InChI=1S/C27H21Cl4N3O3S/c1-2-38(36)18-6-3-15(4-7-18)11-23(35)32-17-13-21(30)24(22(31)14-17)27(9-10-27)26-33-25(37-34-26)19-8-5-16(28)12-20(19)29/h3-8,12-14H,2,9-11H2,1H3,(H,32,35). The molecule has 5 rings (SSSR count). The predicted molar refractivity (Wildman–Crippen MR) is 152 cm³/mol. The molecule has 1 atom stereocenters. The second-order valence-corrected chi connectivity index (χ2v) is 12.3. The molecule has 1 unspecified atom stereocenters. The van der Waals surface area contributed by atoms with E-state index in [1.54, 1.807) is 54.6 Å². The summed E-state index contributed by atoms with van der Waals surface area (Å²) in [5, 5.41) is 8.76. The highest BCUT2D eigenvalue weighted by atomic mass is 35.5. The first-order valence-electron chi connectivity index (χ1n) is 11.8. The number of benzene rings is 3. The Morgan fingerprint density at radius 1 is 1.03 bits per heavy atom. The fraction of sp³-hybridized carbons (Fsp3) is 0.222. The van der Waals surface area contributed by atoms with Crippen molar-refractivity contribution in [1.82, 2.24) is 10.1 Å². The van der Waals surface area contributed by atoms with Gasteiger partial charge in [-0.25, -0.2) is 0 Å². The van der Waals surface area contributed by atoms with E-state index in [1.165, 1.54) is 0 Å². The molecular weight excluding hydrogens is 588 g/mol. The quantitative estimate of drug-likeness (QED) is 0.207. The van der Waals surface area contributed by atoms with Gasteiger partial charge in [-0.2, -0.15) is 4.98 Å². The highest BCUT2D eigenvalue weighted by molar-refractivity contribution is 7.91. The van der Waals surface area contributed by atoms with E-state index >= 15 is 0 Å². The van der Waals surface area contributed by atoms with Crippen LogP contribution >= 0.6 is 46.4 Å². The van der Waals surface area contributed by atoms with Gasteiger partial charge in [0.05, 0.1) is 22.4 Å². The lowest BCUT2D eigenvalue weighted by molar-refractivity contribution is -0.115. The van der Waals surface area contributed by atoms with Gasteiger partial charge in [-0.05, 0) is 79.0 Å². The van der Waals surface area contributed by atoms with Crippen LogP contribution in [0.25, 0.3) is 11.5 Å². The molecule has 1 N–H and O–H groups in total. The lowest BCUT2D eigenvalue weighted by Crippen LogP contribution is -2.16. The van der Waals surface area contributed by atoms with Crippen molar-refractivity contribution in [3.63, 3.8) is 0 Å². The van der Waals surface area contributed by atoms with Crippen LogP contribution < -0.4 is 5.32 Å². The smallest absolute Gasteiger partial charge is 0.259 e. The molecule has 1 saturated carbocycles. The van der Waals surface area contributed by atoms with Crippen molar-refractivity contribution >= 4 is 69.2 Å². The lowest BCUT2D eigenvalue weighted by atomic mass is 9.94. The van der Waals surface area contributed by atoms with Gasteiger partial charge in [-0.1, -0.05) is 63.7 Å². The van der Waals surface area contributed by atoms with Gasteiger partial charge in [0.15, 0.2) is 10.7 Å². The van der Waals surface area contributed by atoms with E-state index in [0.717, 1.165) is 23.3 Å².